The van der Waals surface area contributed by atoms with E-state index in [4.69, 9.17) is 9.63 Å². The zero-order chi connectivity index (χ0) is 15.2. The van der Waals surface area contributed by atoms with E-state index in [1.807, 2.05) is 4.90 Å². The lowest BCUT2D eigenvalue weighted by atomic mass is 10.3. The molecular weight excluding hydrogens is 276 g/mol. The number of hydrogen-bond donors (Lipinski definition) is 2. The zero-order valence-electron chi connectivity index (χ0n) is 12.0. The third-order valence-corrected chi connectivity index (χ3v) is 3.33. The molecule has 1 saturated heterocycles. The first kappa shape index (κ1) is 15.3. The van der Waals surface area contributed by atoms with E-state index in [0.29, 0.717) is 44.2 Å². The Morgan fingerprint density at radius 2 is 2.19 bits per heavy atom. The highest BCUT2D eigenvalue weighted by Crippen LogP contribution is 2.05. The summed E-state index contributed by atoms with van der Waals surface area (Å²) in [7, 11) is 0. The second kappa shape index (κ2) is 7.07. The molecule has 0 unspecified atom stereocenters. The highest BCUT2D eigenvalue weighted by molar-refractivity contribution is 5.74. The molecule has 0 atom stereocenters. The molecule has 2 N–H and O–H groups in total. The third kappa shape index (κ3) is 4.75. The number of carboxylic acids is 1. The van der Waals surface area contributed by atoms with Crippen LogP contribution < -0.4 is 5.32 Å². The number of rotatable bonds is 4. The second-order valence-corrected chi connectivity index (χ2v) is 5.10. The number of amides is 2. The number of aryl methyl sites for hydroxylation is 1. The average molecular weight is 296 g/mol. The van der Waals surface area contributed by atoms with Crippen molar-refractivity contribution in [2.75, 3.05) is 32.7 Å². The zero-order valence-corrected chi connectivity index (χ0v) is 12.0. The predicted octanol–water partition coefficient (Wildman–Crippen LogP) is 0.285. The number of hydrogen-bond acceptors (Lipinski definition) is 5. The molecule has 1 aliphatic rings. The normalized spacial score (nSPS) is 16.5. The summed E-state index contributed by atoms with van der Waals surface area (Å²) in [6.07, 6.45) is 0.768. The Morgan fingerprint density at radius 1 is 1.38 bits per heavy atom. The van der Waals surface area contributed by atoms with Crippen molar-refractivity contribution >= 4 is 12.0 Å². The van der Waals surface area contributed by atoms with Crippen molar-refractivity contribution in [3.05, 3.63) is 17.5 Å². The van der Waals surface area contributed by atoms with Crippen molar-refractivity contribution < 1.29 is 19.2 Å². The second-order valence-electron chi connectivity index (χ2n) is 5.10. The van der Waals surface area contributed by atoms with Crippen LogP contribution in [0.1, 0.15) is 17.9 Å². The Balaban J connectivity index is 1.78. The molecule has 116 valence electrons. The summed E-state index contributed by atoms with van der Waals surface area (Å²) in [6, 6.07) is 1.62. The fraction of sp³-hybridized carbons (Fsp3) is 0.615. The molecular formula is C13H20N4O4. The summed E-state index contributed by atoms with van der Waals surface area (Å²) in [5, 5.41) is 15.4. The molecule has 2 amide bonds. The minimum Gasteiger partial charge on any atom is -0.480 e. The smallest absolute Gasteiger partial charge is 0.317 e. The van der Waals surface area contributed by atoms with Crippen LogP contribution in [0.2, 0.25) is 0 Å². The van der Waals surface area contributed by atoms with Crippen molar-refractivity contribution in [1.82, 2.24) is 20.3 Å². The van der Waals surface area contributed by atoms with E-state index in [0.717, 1.165) is 6.42 Å². The highest BCUT2D eigenvalue weighted by atomic mass is 16.5. The summed E-state index contributed by atoms with van der Waals surface area (Å²) in [5.74, 6) is -0.132. The Hall–Kier alpha value is -2.09. The van der Waals surface area contributed by atoms with E-state index < -0.39 is 5.97 Å². The standard InChI is InChI=1S/C13H20N4O4/c1-10-7-11(15-21-10)8-14-13(20)17-4-2-3-16(5-6-17)9-12(18)19/h7H,2-6,8-9H2,1H3,(H,14,20)(H,18,19). The molecule has 1 aliphatic heterocycles. The van der Waals surface area contributed by atoms with E-state index in [-0.39, 0.29) is 12.6 Å². The van der Waals surface area contributed by atoms with Gasteiger partial charge in [0.1, 0.15) is 11.5 Å². The van der Waals surface area contributed by atoms with E-state index in [1.165, 1.54) is 0 Å². The maximum atomic E-state index is 12.1. The molecule has 0 saturated carbocycles. The first-order valence-corrected chi connectivity index (χ1v) is 6.93. The number of carbonyl (C=O) groups excluding carboxylic acids is 1. The maximum Gasteiger partial charge on any atom is 0.317 e. The number of aliphatic carboxylic acids is 1. The third-order valence-electron chi connectivity index (χ3n) is 3.33. The average Bonchev–Trinajstić information content (AvgIpc) is 2.70. The van der Waals surface area contributed by atoms with Gasteiger partial charge >= 0.3 is 12.0 Å². The number of carboxylic acid groups (broad SMARTS) is 1. The van der Waals surface area contributed by atoms with Gasteiger partial charge in [-0.1, -0.05) is 5.16 Å². The number of carbonyl (C=O) groups is 2. The summed E-state index contributed by atoms with van der Waals surface area (Å²) >= 11 is 0. The van der Waals surface area contributed by atoms with Gasteiger partial charge in [-0.3, -0.25) is 9.69 Å². The fourth-order valence-electron chi connectivity index (χ4n) is 2.30. The topological polar surface area (TPSA) is 98.9 Å². The summed E-state index contributed by atoms with van der Waals surface area (Å²) in [4.78, 5) is 26.3. The maximum absolute atomic E-state index is 12.1. The molecule has 0 bridgehead atoms. The lowest BCUT2D eigenvalue weighted by molar-refractivity contribution is -0.138. The van der Waals surface area contributed by atoms with Crippen LogP contribution in [0.15, 0.2) is 10.6 Å². The van der Waals surface area contributed by atoms with E-state index in [9.17, 15) is 9.59 Å². The SMILES string of the molecule is Cc1cc(CNC(=O)N2CCCN(CC(=O)O)CC2)no1. The fourth-order valence-corrected chi connectivity index (χ4v) is 2.30. The van der Waals surface area contributed by atoms with Gasteiger partial charge in [-0.15, -0.1) is 0 Å². The Morgan fingerprint density at radius 3 is 2.86 bits per heavy atom. The molecule has 0 spiro atoms. The molecule has 2 heterocycles. The van der Waals surface area contributed by atoms with Gasteiger partial charge in [0.05, 0.1) is 13.1 Å². The summed E-state index contributed by atoms with van der Waals surface area (Å²) in [6.45, 7) is 4.56. The molecule has 0 aliphatic carbocycles. The van der Waals surface area contributed by atoms with Crippen molar-refractivity contribution in [2.45, 2.75) is 19.9 Å². The molecule has 21 heavy (non-hydrogen) atoms. The molecule has 1 fully saturated rings. The van der Waals surface area contributed by atoms with Gasteiger partial charge in [0.25, 0.3) is 0 Å². The molecule has 2 rings (SSSR count). The van der Waals surface area contributed by atoms with Crippen LogP contribution >= 0.6 is 0 Å². The Kier molecular flexibility index (Phi) is 5.15. The van der Waals surface area contributed by atoms with Gasteiger partial charge < -0.3 is 19.8 Å². The van der Waals surface area contributed by atoms with Crippen LogP contribution in [-0.2, 0) is 11.3 Å². The largest absolute Gasteiger partial charge is 0.480 e. The minimum absolute atomic E-state index is 0.0215. The van der Waals surface area contributed by atoms with E-state index >= 15 is 0 Å². The molecule has 0 aromatic carbocycles. The van der Waals surface area contributed by atoms with Gasteiger partial charge in [0, 0.05) is 32.2 Å². The van der Waals surface area contributed by atoms with Gasteiger partial charge in [-0.2, -0.15) is 0 Å². The van der Waals surface area contributed by atoms with E-state index in [1.54, 1.807) is 17.9 Å². The van der Waals surface area contributed by atoms with E-state index in [2.05, 4.69) is 10.5 Å². The van der Waals surface area contributed by atoms with Crippen molar-refractivity contribution in [3.8, 4) is 0 Å². The number of urea groups is 1. The van der Waals surface area contributed by atoms with Crippen LogP contribution in [0.25, 0.3) is 0 Å². The van der Waals surface area contributed by atoms with Gasteiger partial charge in [0.2, 0.25) is 0 Å². The van der Waals surface area contributed by atoms with Crippen molar-refractivity contribution in [1.29, 1.82) is 0 Å². The Labute approximate surface area is 122 Å². The number of nitrogens with zero attached hydrogens (tertiary/aromatic N) is 3. The highest BCUT2D eigenvalue weighted by Gasteiger charge is 2.20. The van der Waals surface area contributed by atoms with Crippen molar-refractivity contribution in [2.24, 2.45) is 0 Å². The summed E-state index contributed by atoms with van der Waals surface area (Å²) < 4.78 is 4.94. The Bertz CT molecular complexity index is 502. The van der Waals surface area contributed by atoms with Crippen molar-refractivity contribution in [3.63, 3.8) is 0 Å². The molecule has 8 heteroatoms. The molecule has 1 aromatic heterocycles. The van der Waals surface area contributed by atoms with Crippen LogP contribution in [0, 0.1) is 6.92 Å². The monoisotopic (exact) mass is 296 g/mol. The minimum atomic E-state index is -0.839. The first-order valence-electron chi connectivity index (χ1n) is 6.93. The first-order chi connectivity index (χ1) is 10.0. The number of aromatic nitrogens is 1. The quantitative estimate of drug-likeness (QED) is 0.828. The molecule has 1 aromatic rings. The van der Waals surface area contributed by atoms with Gasteiger partial charge in [0.15, 0.2) is 0 Å². The summed E-state index contributed by atoms with van der Waals surface area (Å²) in [5.41, 5.74) is 0.683. The van der Waals surface area contributed by atoms with Crippen LogP contribution in [0.4, 0.5) is 4.79 Å². The van der Waals surface area contributed by atoms with Gasteiger partial charge in [-0.05, 0) is 13.3 Å². The predicted molar refractivity (Wildman–Crippen MR) is 73.7 cm³/mol. The van der Waals surface area contributed by atoms with Crippen LogP contribution in [0.3, 0.4) is 0 Å². The van der Waals surface area contributed by atoms with Crippen LogP contribution in [0.5, 0.6) is 0 Å². The van der Waals surface area contributed by atoms with Gasteiger partial charge in [-0.25, -0.2) is 4.79 Å². The lowest BCUT2D eigenvalue weighted by Crippen LogP contribution is -2.42. The number of nitrogens with one attached hydrogen (secondary N) is 1. The molecule has 0 radical (unpaired) electrons. The lowest BCUT2D eigenvalue weighted by Gasteiger charge is -2.21. The molecule has 8 nitrogen and oxygen atoms in total. The van der Waals surface area contributed by atoms with Crippen LogP contribution in [-0.4, -0.2) is 64.8 Å².